The number of rotatable bonds is 5. The van der Waals surface area contributed by atoms with E-state index < -0.39 is 12.1 Å². The first-order chi connectivity index (χ1) is 10.6. The molecule has 1 saturated carbocycles. The molecule has 0 saturated heterocycles. The first kappa shape index (κ1) is 14.6. The first-order valence-corrected chi connectivity index (χ1v) is 7.52. The topological polar surface area (TPSA) is 79.8 Å². The van der Waals surface area contributed by atoms with Crippen LogP contribution in [0.4, 0.5) is 0 Å². The van der Waals surface area contributed by atoms with Crippen LogP contribution in [0.5, 0.6) is 0 Å². The third-order valence-corrected chi connectivity index (χ3v) is 3.74. The third-order valence-electron chi connectivity index (χ3n) is 3.74. The quantitative estimate of drug-likeness (QED) is 0.850. The highest BCUT2D eigenvalue weighted by molar-refractivity contribution is 6.04. The van der Waals surface area contributed by atoms with Gasteiger partial charge in [-0.25, -0.2) is 0 Å². The van der Waals surface area contributed by atoms with Gasteiger partial charge in [0.15, 0.2) is 0 Å². The second-order valence-electron chi connectivity index (χ2n) is 5.72. The zero-order valence-corrected chi connectivity index (χ0v) is 12.4. The SMILES string of the molecule is C[C@H](NC(=O)[C@H]1CC(c2ccccc2)=NO1)C(=O)NC1CC1. The number of carbonyl (C=O) groups excluding carboxylic acids is 2. The fraction of sp³-hybridized carbons (Fsp3) is 0.438. The van der Waals surface area contributed by atoms with Gasteiger partial charge in [0.05, 0.1) is 5.71 Å². The molecule has 1 aliphatic heterocycles. The monoisotopic (exact) mass is 301 g/mol. The summed E-state index contributed by atoms with van der Waals surface area (Å²) in [5.74, 6) is -0.467. The number of nitrogens with one attached hydrogen (secondary N) is 2. The van der Waals surface area contributed by atoms with E-state index in [2.05, 4.69) is 15.8 Å². The van der Waals surface area contributed by atoms with Crippen molar-refractivity contribution in [2.24, 2.45) is 5.16 Å². The lowest BCUT2D eigenvalue weighted by Gasteiger charge is -2.15. The highest BCUT2D eigenvalue weighted by Crippen LogP contribution is 2.19. The molecule has 1 fully saturated rings. The smallest absolute Gasteiger partial charge is 0.264 e. The van der Waals surface area contributed by atoms with Crippen molar-refractivity contribution in [3.63, 3.8) is 0 Å². The molecule has 3 rings (SSSR count). The summed E-state index contributed by atoms with van der Waals surface area (Å²) in [6.45, 7) is 1.67. The van der Waals surface area contributed by atoms with E-state index in [4.69, 9.17) is 4.84 Å². The molecule has 0 unspecified atom stereocenters. The standard InChI is InChI=1S/C16H19N3O3/c1-10(15(20)18-12-7-8-12)17-16(21)14-9-13(19-22-14)11-5-3-2-4-6-11/h2-6,10,12,14H,7-9H2,1H3,(H,17,21)(H,18,20)/t10-,14+/m0/s1. The molecule has 116 valence electrons. The van der Waals surface area contributed by atoms with Crippen LogP contribution in [0.2, 0.25) is 0 Å². The normalized spacial score (nSPS) is 21.5. The Labute approximate surface area is 128 Å². The minimum Gasteiger partial charge on any atom is -0.382 e. The van der Waals surface area contributed by atoms with E-state index in [1.54, 1.807) is 6.92 Å². The Morgan fingerprint density at radius 1 is 1.27 bits per heavy atom. The zero-order valence-electron chi connectivity index (χ0n) is 12.4. The van der Waals surface area contributed by atoms with Crippen LogP contribution in [-0.2, 0) is 14.4 Å². The molecule has 1 aromatic rings. The molecule has 1 aromatic carbocycles. The molecular formula is C16H19N3O3. The van der Waals surface area contributed by atoms with Gasteiger partial charge in [0.25, 0.3) is 5.91 Å². The summed E-state index contributed by atoms with van der Waals surface area (Å²) >= 11 is 0. The van der Waals surface area contributed by atoms with Gasteiger partial charge in [-0.1, -0.05) is 35.5 Å². The number of nitrogens with zero attached hydrogens (tertiary/aromatic N) is 1. The number of hydrogen-bond donors (Lipinski definition) is 2. The van der Waals surface area contributed by atoms with E-state index >= 15 is 0 Å². The molecule has 0 bridgehead atoms. The maximum absolute atomic E-state index is 12.1. The lowest BCUT2D eigenvalue weighted by molar-refractivity contribution is -0.135. The van der Waals surface area contributed by atoms with E-state index in [0.717, 1.165) is 24.1 Å². The molecule has 0 aromatic heterocycles. The van der Waals surface area contributed by atoms with E-state index in [1.807, 2.05) is 30.3 Å². The Bertz CT molecular complexity index is 596. The second-order valence-corrected chi connectivity index (χ2v) is 5.72. The van der Waals surface area contributed by atoms with Crippen molar-refractivity contribution in [2.45, 2.75) is 44.4 Å². The molecule has 6 heteroatoms. The van der Waals surface area contributed by atoms with Gasteiger partial charge < -0.3 is 15.5 Å². The highest BCUT2D eigenvalue weighted by atomic mass is 16.6. The van der Waals surface area contributed by atoms with Crippen LogP contribution in [0.15, 0.2) is 35.5 Å². The predicted molar refractivity (Wildman–Crippen MR) is 81.2 cm³/mol. The Hall–Kier alpha value is -2.37. The van der Waals surface area contributed by atoms with E-state index in [0.29, 0.717) is 6.42 Å². The average molecular weight is 301 g/mol. The van der Waals surface area contributed by atoms with Crippen molar-refractivity contribution < 1.29 is 14.4 Å². The summed E-state index contributed by atoms with van der Waals surface area (Å²) in [4.78, 5) is 29.2. The van der Waals surface area contributed by atoms with Crippen LogP contribution in [0.1, 0.15) is 31.7 Å². The van der Waals surface area contributed by atoms with Gasteiger partial charge >= 0.3 is 0 Å². The molecule has 0 radical (unpaired) electrons. The van der Waals surface area contributed by atoms with Crippen molar-refractivity contribution in [2.75, 3.05) is 0 Å². The van der Waals surface area contributed by atoms with Crippen molar-refractivity contribution in [3.8, 4) is 0 Å². The van der Waals surface area contributed by atoms with Crippen molar-refractivity contribution in [1.29, 1.82) is 0 Å². The Morgan fingerprint density at radius 3 is 2.68 bits per heavy atom. The van der Waals surface area contributed by atoms with Crippen LogP contribution in [0.3, 0.4) is 0 Å². The van der Waals surface area contributed by atoms with E-state index in [1.165, 1.54) is 0 Å². The number of benzene rings is 1. The van der Waals surface area contributed by atoms with Crippen molar-refractivity contribution in [1.82, 2.24) is 10.6 Å². The lowest BCUT2D eigenvalue weighted by atomic mass is 10.0. The second kappa shape index (κ2) is 6.17. The maximum atomic E-state index is 12.1. The predicted octanol–water partition coefficient (Wildman–Crippen LogP) is 0.963. The van der Waals surface area contributed by atoms with Crippen molar-refractivity contribution in [3.05, 3.63) is 35.9 Å². The minimum atomic E-state index is -0.675. The van der Waals surface area contributed by atoms with Gasteiger partial charge in [-0.05, 0) is 25.3 Å². The largest absolute Gasteiger partial charge is 0.382 e. The molecule has 1 aliphatic carbocycles. The van der Waals surface area contributed by atoms with Gasteiger partial charge in [-0.15, -0.1) is 0 Å². The Balaban J connectivity index is 1.50. The molecule has 22 heavy (non-hydrogen) atoms. The molecular weight excluding hydrogens is 282 g/mol. The molecule has 2 N–H and O–H groups in total. The third kappa shape index (κ3) is 3.44. The number of hydrogen-bond acceptors (Lipinski definition) is 4. The zero-order chi connectivity index (χ0) is 15.5. The van der Waals surface area contributed by atoms with Crippen LogP contribution >= 0.6 is 0 Å². The van der Waals surface area contributed by atoms with Gasteiger partial charge in [0, 0.05) is 12.5 Å². The highest BCUT2D eigenvalue weighted by Gasteiger charge is 2.32. The summed E-state index contributed by atoms with van der Waals surface area (Å²) in [7, 11) is 0. The lowest BCUT2D eigenvalue weighted by Crippen LogP contribution is -2.48. The summed E-state index contributed by atoms with van der Waals surface area (Å²) < 4.78 is 0. The molecule has 2 amide bonds. The number of carbonyl (C=O) groups is 2. The first-order valence-electron chi connectivity index (χ1n) is 7.52. The maximum Gasteiger partial charge on any atom is 0.264 e. The average Bonchev–Trinajstić information content (AvgIpc) is 3.19. The van der Waals surface area contributed by atoms with Crippen molar-refractivity contribution >= 4 is 17.5 Å². The summed E-state index contributed by atoms with van der Waals surface area (Å²) in [6.07, 6.45) is 1.78. The summed E-state index contributed by atoms with van der Waals surface area (Å²) in [5, 5.41) is 9.51. The minimum absolute atomic E-state index is 0.155. The van der Waals surface area contributed by atoms with Gasteiger partial charge in [-0.2, -0.15) is 0 Å². The Kier molecular flexibility index (Phi) is 4.09. The summed E-state index contributed by atoms with van der Waals surface area (Å²) in [6, 6.07) is 9.30. The molecule has 1 heterocycles. The molecule has 2 aliphatic rings. The van der Waals surface area contributed by atoms with Crippen LogP contribution in [0, 0.1) is 0 Å². The Morgan fingerprint density at radius 2 is 2.00 bits per heavy atom. The number of amides is 2. The molecule has 2 atom stereocenters. The van der Waals surface area contributed by atoms with Gasteiger partial charge in [0.1, 0.15) is 6.04 Å². The van der Waals surface area contributed by atoms with Crippen LogP contribution in [0.25, 0.3) is 0 Å². The molecule has 0 spiro atoms. The fourth-order valence-electron chi connectivity index (χ4n) is 2.24. The van der Waals surface area contributed by atoms with Gasteiger partial charge in [0.2, 0.25) is 12.0 Å². The van der Waals surface area contributed by atoms with Crippen LogP contribution < -0.4 is 10.6 Å². The summed E-state index contributed by atoms with van der Waals surface area (Å²) in [5.41, 5.74) is 1.69. The molecule has 6 nitrogen and oxygen atoms in total. The van der Waals surface area contributed by atoms with Crippen LogP contribution in [-0.4, -0.2) is 35.7 Å². The van der Waals surface area contributed by atoms with Gasteiger partial charge in [-0.3, -0.25) is 9.59 Å². The number of oxime groups is 1. The fourth-order valence-corrected chi connectivity index (χ4v) is 2.24. The van der Waals surface area contributed by atoms with E-state index in [9.17, 15) is 9.59 Å². The van der Waals surface area contributed by atoms with E-state index in [-0.39, 0.29) is 17.9 Å².